The Bertz CT molecular complexity index is 193. The van der Waals surface area contributed by atoms with Gasteiger partial charge in [-0.05, 0) is 12.5 Å². The van der Waals surface area contributed by atoms with Gasteiger partial charge in [0.1, 0.15) is 0 Å². The van der Waals surface area contributed by atoms with Crippen molar-refractivity contribution in [3.05, 3.63) is 35.4 Å². The molecule has 0 atom stereocenters. The molecule has 1 rings (SSSR count). The van der Waals surface area contributed by atoms with E-state index in [0.717, 1.165) is 0 Å². The Hall–Kier alpha value is 0.0631. The van der Waals surface area contributed by atoms with Gasteiger partial charge in [0.05, 0.1) is 6.61 Å². The first-order valence-corrected chi connectivity index (χ1v) is 3.37. The molecule has 0 N–H and O–H groups in total. The Morgan fingerprint density at radius 2 is 1.73 bits per heavy atom. The summed E-state index contributed by atoms with van der Waals surface area (Å²) in [5.74, 6) is 0. The summed E-state index contributed by atoms with van der Waals surface area (Å²) in [5.41, 5.74) is 2.52. The minimum absolute atomic E-state index is 0. The van der Waals surface area contributed by atoms with E-state index in [1.54, 1.807) is 7.11 Å². The van der Waals surface area contributed by atoms with E-state index in [0.29, 0.717) is 6.61 Å². The summed E-state index contributed by atoms with van der Waals surface area (Å²) in [4.78, 5) is 0. The molecule has 11 heavy (non-hydrogen) atoms. The first kappa shape index (κ1) is 11.1. The van der Waals surface area contributed by atoms with Gasteiger partial charge in [0.15, 0.2) is 0 Å². The van der Waals surface area contributed by atoms with Crippen LogP contribution in [-0.4, -0.2) is 33.3 Å². The second-order valence-corrected chi connectivity index (χ2v) is 2.42. The molecule has 0 radical (unpaired) electrons. The quantitative estimate of drug-likeness (QED) is 0.724. The fourth-order valence-electron chi connectivity index (χ4n) is 0.851. The van der Waals surface area contributed by atoms with Crippen molar-refractivity contribution >= 4 is 26.2 Å². The van der Waals surface area contributed by atoms with Gasteiger partial charge >= 0.3 is 26.2 Å². The van der Waals surface area contributed by atoms with E-state index < -0.39 is 0 Å². The van der Waals surface area contributed by atoms with Gasteiger partial charge in [0.25, 0.3) is 0 Å². The van der Waals surface area contributed by atoms with E-state index >= 15 is 0 Å². The molecule has 1 nitrogen and oxygen atoms in total. The van der Waals surface area contributed by atoms with E-state index in [2.05, 4.69) is 31.2 Å². The average Bonchev–Trinajstić information content (AvgIpc) is 1.95. The van der Waals surface area contributed by atoms with Crippen LogP contribution in [0.3, 0.4) is 0 Å². The average molecular weight is 348 g/mol. The maximum absolute atomic E-state index is 4.97. The third kappa shape index (κ3) is 3.83. The zero-order valence-electron chi connectivity index (χ0n) is 7.13. The Kier molecular flexibility index (Phi) is 5.71. The number of methoxy groups -OCH3 is 1. The molecule has 1 aromatic rings. The summed E-state index contributed by atoms with van der Waals surface area (Å²) in [6, 6.07) is 8.35. The van der Waals surface area contributed by atoms with E-state index in [-0.39, 0.29) is 26.2 Å². The molecule has 0 spiro atoms. The molecule has 2 heteroatoms. The van der Waals surface area contributed by atoms with Crippen molar-refractivity contribution in [3.63, 3.8) is 0 Å². The van der Waals surface area contributed by atoms with Gasteiger partial charge in [0.2, 0.25) is 0 Å². The van der Waals surface area contributed by atoms with Crippen LogP contribution in [0.1, 0.15) is 11.1 Å². The molecule has 0 saturated heterocycles. The van der Waals surface area contributed by atoms with Crippen LogP contribution in [0.5, 0.6) is 0 Å². The Morgan fingerprint density at radius 3 is 2.18 bits per heavy atom. The van der Waals surface area contributed by atoms with Gasteiger partial charge < -0.3 is 4.74 Å². The van der Waals surface area contributed by atoms with Crippen LogP contribution < -0.4 is 0 Å². The normalized spacial score (nSPS) is 8.91. The van der Waals surface area contributed by atoms with Crippen molar-refractivity contribution in [2.45, 2.75) is 13.5 Å². The molecule has 0 aliphatic rings. The van der Waals surface area contributed by atoms with Crippen LogP contribution in [0.2, 0.25) is 0 Å². The predicted octanol–water partition coefficient (Wildman–Crippen LogP) is 0.958. The van der Waals surface area contributed by atoms with Crippen molar-refractivity contribution in [1.29, 1.82) is 0 Å². The molecule has 0 aliphatic carbocycles. The third-order valence-corrected chi connectivity index (χ3v) is 1.43. The summed E-state index contributed by atoms with van der Waals surface area (Å²) in [6.07, 6.45) is 0. The topological polar surface area (TPSA) is 9.23 Å². The molecule has 0 fully saturated rings. The molecule has 0 aromatic heterocycles. The fourth-order valence-corrected chi connectivity index (χ4v) is 0.851. The van der Waals surface area contributed by atoms with Crippen molar-refractivity contribution < 1.29 is 4.74 Å². The van der Waals surface area contributed by atoms with Crippen LogP contribution in [-0.2, 0) is 11.3 Å². The molecule has 0 heterocycles. The second kappa shape index (κ2) is 5.68. The Balaban J connectivity index is 0.000001000. The van der Waals surface area contributed by atoms with Gasteiger partial charge in [-0.1, -0.05) is 29.8 Å². The second-order valence-electron chi connectivity index (χ2n) is 2.42. The molecular formula is C9H15BiO. The van der Waals surface area contributed by atoms with Crippen LogP contribution in [0, 0.1) is 6.92 Å². The van der Waals surface area contributed by atoms with Crippen LogP contribution in [0.15, 0.2) is 24.3 Å². The monoisotopic (exact) mass is 348 g/mol. The number of aryl methyl sites for hydroxylation is 1. The minimum atomic E-state index is 0. The number of ether oxygens (including phenoxy) is 1. The predicted molar refractivity (Wildman–Crippen MR) is 51.8 cm³/mol. The van der Waals surface area contributed by atoms with Gasteiger partial charge in [-0.2, -0.15) is 0 Å². The van der Waals surface area contributed by atoms with E-state index in [9.17, 15) is 0 Å². The summed E-state index contributed by atoms with van der Waals surface area (Å²) in [5, 5.41) is 0. The SMILES string of the molecule is COCc1ccc(C)cc1.[BiH3]. The fraction of sp³-hybridized carbons (Fsp3) is 0.333. The molecule has 62 valence electrons. The maximum atomic E-state index is 4.97. The molecule has 0 amide bonds. The van der Waals surface area contributed by atoms with Gasteiger partial charge in [-0.25, -0.2) is 0 Å². The van der Waals surface area contributed by atoms with E-state index in [1.807, 2.05) is 0 Å². The van der Waals surface area contributed by atoms with Crippen molar-refractivity contribution in [2.75, 3.05) is 7.11 Å². The molecule has 1 aromatic carbocycles. The first-order chi connectivity index (χ1) is 4.83. The van der Waals surface area contributed by atoms with Gasteiger partial charge in [-0.15, -0.1) is 0 Å². The molecule has 0 saturated carbocycles. The number of hydrogen-bond donors (Lipinski definition) is 0. The van der Waals surface area contributed by atoms with Crippen molar-refractivity contribution in [3.8, 4) is 0 Å². The molecule has 0 aliphatic heterocycles. The molecular weight excluding hydrogens is 333 g/mol. The van der Waals surface area contributed by atoms with Crippen LogP contribution >= 0.6 is 0 Å². The van der Waals surface area contributed by atoms with E-state index in [4.69, 9.17) is 4.74 Å². The third-order valence-electron chi connectivity index (χ3n) is 1.43. The van der Waals surface area contributed by atoms with Gasteiger partial charge in [0, 0.05) is 7.11 Å². The summed E-state index contributed by atoms with van der Waals surface area (Å²) in [6.45, 7) is 2.79. The summed E-state index contributed by atoms with van der Waals surface area (Å²) < 4.78 is 4.97. The summed E-state index contributed by atoms with van der Waals surface area (Å²) in [7, 11) is 1.71. The number of benzene rings is 1. The Labute approximate surface area is 86.9 Å². The van der Waals surface area contributed by atoms with E-state index in [1.165, 1.54) is 11.1 Å². The van der Waals surface area contributed by atoms with Crippen LogP contribution in [0.4, 0.5) is 0 Å². The first-order valence-electron chi connectivity index (χ1n) is 3.37. The van der Waals surface area contributed by atoms with Crippen LogP contribution in [0.25, 0.3) is 0 Å². The standard InChI is InChI=1S/C9H12O.Bi.3H/c1-8-3-5-9(6-4-8)7-10-2;;;;/h3-6H,7H2,1-2H3;;;;. The zero-order chi connectivity index (χ0) is 7.40. The number of hydrogen-bond acceptors (Lipinski definition) is 1. The molecule has 0 bridgehead atoms. The van der Waals surface area contributed by atoms with Crippen molar-refractivity contribution in [1.82, 2.24) is 0 Å². The van der Waals surface area contributed by atoms with Gasteiger partial charge in [-0.3, -0.25) is 0 Å². The zero-order valence-corrected chi connectivity index (χ0v) is 12.6. The summed E-state index contributed by atoms with van der Waals surface area (Å²) >= 11 is 0. The Morgan fingerprint density at radius 1 is 1.18 bits per heavy atom. The number of rotatable bonds is 2. The van der Waals surface area contributed by atoms with Crippen molar-refractivity contribution in [2.24, 2.45) is 0 Å². The molecule has 0 unspecified atom stereocenters.